The minimum Gasteiger partial charge on any atom is -0.496 e. The summed E-state index contributed by atoms with van der Waals surface area (Å²) < 4.78 is 18.4. The molecule has 2 N–H and O–H groups in total. The van der Waals surface area contributed by atoms with E-state index in [0.717, 1.165) is 0 Å². The lowest BCUT2D eigenvalue weighted by atomic mass is 9.93. The lowest BCUT2D eigenvalue weighted by Gasteiger charge is -2.41. The van der Waals surface area contributed by atoms with E-state index in [2.05, 4.69) is 0 Å². The Balaban J connectivity index is 2.27. The summed E-state index contributed by atoms with van der Waals surface area (Å²) in [5.74, 6) is 0.325. The molecule has 0 bridgehead atoms. The van der Waals surface area contributed by atoms with Gasteiger partial charge in [0.2, 0.25) is 5.91 Å². The van der Waals surface area contributed by atoms with Crippen molar-refractivity contribution in [2.45, 2.75) is 12.5 Å². The van der Waals surface area contributed by atoms with Crippen molar-refractivity contribution < 1.29 is 13.9 Å². The van der Waals surface area contributed by atoms with Crippen molar-refractivity contribution in [1.82, 2.24) is 4.90 Å². The van der Waals surface area contributed by atoms with Crippen LogP contribution in [0, 0.1) is 5.82 Å². The van der Waals surface area contributed by atoms with Gasteiger partial charge in [0, 0.05) is 18.7 Å². The molecular formula is C12H15FN2O2. The van der Waals surface area contributed by atoms with Gasteiger partial charge in [0.05, 0.1) is 19.6 Å². The summed E-state index contributed by atoms with van der Waals surface area (Å²) in [5.41, 5.74) is 6.15. The van der Waals surface area contributed by atoms with Gasteiger partial charge < -0.3 is 15.4 Å². The molecule has 1 amide bonds. The van der Waals surface area contributed by atoms with Crippen molar-refractivity contribution in [3.8, 4) is 5.75 Å². The molecule has 0 aliphatic carbocycles. The van der Waals surface area contributed by atoms with E-state index in [1.54, 1.807) is 11.0 Å². The van der Waals surface area contributed by atoms with Crippen LogP contribution in [0.25, 0.3) is 0 Å². The van der Waals surface area contributed by atoms with E-state index in [0.29, 0.717) is 30.8 Å². The summed E-state index contributed by atoms with van der Waals surface area (Å²) in [5, 5.41) is 0. The third-order valence-corrected chi connectivity index (χ3v) is 2.99. The first-order valence-corrected chi connectivity index (χ1v) is 5.50. The summed E-state index contributed by atoms with van der Waals surface area (Å²) in [4.78, 5) is 13.1. The first kappa shape index (κ1) is 11.9. The van der Waals surface area contributed by atoms with Gasteiger partial charge in [-0.3, -0.25) is 4.79 Å². The largest absolute Gasteiger partial charge is 0.496 e. The van der Waals surface area contributed by atoms with Gasteiger partial charge in [0.1, 0.15) is 11.6 Å². The third kappa shape index (κ3) is 2.10. The van der Waals surface area contributed by atoms with Crippen molar-refractivity contribution in [2.75, 3.05) is 20.2 Å². The molecule has 0 saturated carbocycles. The number of halogens is 1. The van der Waals surface area contributed by atoms with E-state index >= 15 is 0 Å². The van der Waals surface area contributed by atoms with Crippen molar-refractivity contribution in [2.24, 2.45) is 5.73 Å². The number of hydrogen-bond donors (Lipinski definition) is 1. The van der Waals surface area contributed by atoms with Crippen LogP contribution in [0.3, 0.4) is 0 Å². The standard InChI is InChI=1S/C12H15FN2O2/c1-17-11-3-2-8(13)6-9(11)10-7-12(16)15(10)5-4-14/h2-3,6,10H,4-5,7,14H2,1H3. The van der Waals surface area contributed by atoms with Gasteiger partial charge in [-0.1, -0.05) is 0 Å². The Morgan fingerprint density at radius 2 is 2.35 bits per heavy atom. The average molecular weight is 238 g/mol. The summed E-state index contributed by atoms with van der Waals surface area (Å²) in [6.07, 6.45) is 0.389. The minimum atomic E-state index is -0.326. The molecule has 92 valence electrons. The van der Waals surface area contributed by atoms with Crippen LogP contribution in [-0.2, 0) is 4.79 Å². The summed E-state index contributed by atoms with van der Waals surface area (Å²) in [7, 11) is 1.53. The average Bonchev–Trinajstić information content (AvgIpc) is 2.33. The highest BCUT2D eigenvalue weighted by atomic mass is 19.1. The molecule has 1 aromatic carbocycles. The number of amides is 1. The van der Waals surface area contributed by atoms with Crippen molar-refractivity contribution >= 4 is 5.91 Å². The molecule has 1 unspecified atom stereocenters. The van der Waals surface area contributed by atoms with Crippen LogP contribution in [0.1, 0.15) is 18.0 Å². The number of hydrogen-bond acceptors (Lipinski definition) is 3. The highest BCUT2D eigenvalue weighted by Crippen LogP contribution is 2.38. The monoisotopic (exact) mass is 238 g/mol. The Kier molecular flexibility index (Phi) is 3.28. The number of ether oxygens (including phenoxy) is 1. The topological polar surface area (TPSA) is 55.6 Å². The number of nitrogens with two attached hydrogens (primary N) is 1. The molecule has 1 aliphatic rings. The Labute approximate surface area is 99.2 Å². The van der Waals surface area contributed by atoms with E-state index in [1.807, 2.05) is 0 Å². The molecule has 17 heavy (non-hydrogen) atoms. The number of likely N-dealkylation sites (tertiary alicyclic amines) is 1. The summed E-state index contributed by atoms with van der Waals surface area (Å²) >= 11 is 0. The lowest BCUT2D eigenvalue weighted by Crippen LogP contribution is -2.48. The molecule has 1 atom stereocenters. The second-order valence-electron chi connectivity index (χ2n) is 3.98. The van der Waals surface area contributed by atoms with Crippen molar-refractivity contribution in [3.63, 3.8) is 0 Å². The molecule has 0 aromatic heterocycles. The smallest absolute Gasteiger partial charge is 0.225 e. The van der Waals surface area contributed by atoms with Gasteiger partial charge in [-0.2, -0.15) is 0 Å². The SMILES string of the molecule is COc1ccc(F)cc1C1CC(=O)N1CCN. The quantitative estimate of drug-likeness (QED) is 0.798. The van der Waals surface area contributed by atoms with Crippen LogP contribution in [0.15, 0.2) is 18.2 Å². The number of rotatable bonds is 4. The highest BCUT2D eigenvalue weighted by Gasteiger charge is 2.38. The van der Waals surface area contributed by atoms with Gasteiger partial charge in [-0.25, -0.2) is 4.39 Å². The number of carbonyl (C=O) groups is 1. The Bertz CT molecular complexity index is 437. The van der Waals surface area contributed by atoms with Crippen LogP contribution in [0.5, 0.6) is 5.75 Å². The van der Waals surface area contributed by atoms with E-state index in [4.69, 9.17) is 10.5 Å². The summed E-state index contributed by atoms with van der Waals surface area (Å²) in [6, 6.07) is 4.22. The molecule has 1 heterocycles. The van der Waals surface area contributed by atoms with Gasteiger partial charge in [-0.05, 0) is 18.2 Å². The second-order valence-corrected chi connectivity index (χ2v) is 3.98. The van der Waals surface area contributed by atoms with Gasteiger partial charge in [0.25, 0.3) is 0 Å². The molecular weight excluding hydrogens is 223 g/mol. The normalized spacial score (nSPS) is 19.1. The number of benzene rings is 1. The van der Waals surface area contributed by atoms with E-state index in [-0.39, 0.29) is 17.8 Å². The first-order chi connectivity index (χ1) is 8.17. The van der Waals surface area contributed by atoms with E-state index < -0.39 is 0 Å². The van der Waals surface area contributed by atoms with Gasteiger partial charge in [0.15, 0.2) is 0 Å². The fourth-order valence-corrected chi connectivity index (χ4v) is 2.12. The molecule has 0 spiro atoms. The molecule has 1 aromatic rings. The Morgan fingerprint density at radius 3 is 2.94 bits per heavy atom. The molecule has 1 aliphatic heterocycles. The molecule has 2 rings (SSSR count). The van der Waals surface area contributed by atoms with Gasteiger partial charge >= 0.3 is 0 Å². The number of β-lactam (4-membered cyclic amide) rings is 1. The van der Waals surface area contributed by atoms with Crippen molar-refractivity contribution in [1.29, 1.82) is 0 Å². The van der Waals surface area contributed by atoms with Crippen LogP contribution < -0.4 is 10.5 Å². The van der Waals surface area contributed by atoms with E-state index in [9.17, 15) is 9.18 Å². The predicted octanol–water partition coefficient (Wildman–Crippen LogP) is 1.07. The zero-order chi connectivity index (χ0) is 12.4. The van der Waals surface area contributed by atoms with E-state index in [1.165, 1.54) is 19.2 Å². The minimum absolute atomic E-state index is 0.0479. The molecule has 4 nitrogen and oxygen atoms in total. The Morgan fingerprint density at radius 1 is 1.59 bits per heavy atom. The van der Waals surface area contributed by atoms with Crippen LogP contribution >= 0.6 is 0 Å². The molecule has 1 fully saturated rings. The number of methoxy groups -OCH3 is 1. The predicted molar refractivity (Wildman–Crippen MR) is 61.1 cm³/mol. The number of nitrogens with zero attached hydrogens (tertiary/aromatic N) is 1. The Hall–Kier alpha value is -1.62. The highest BCUT2D eigenvalue weighted by molar-refractivity contribution is 5.84. The summed E-state index contributed by atoms with van der Waals surface area (Å²) in [6.45, 7) is 0.892. The van der Waals surface area contributed by atoms with Crippen LogP contribution in [0.2, 0.25) is 0 Å². The second kappa shape index (κ2) is 4.71. The number of carbonyl (C=O) groups excluding carboxylic acids is 1. The first-order valence-electron chi connectivity index (χ1n) is 5.50. The molecule has 0 radical (unpaired) electrons. The van der Waals surface area contributed by atoms with Gasteiger partial charge in [-0.15, -0.1) is 0 Å². The molecule has 1 saturated heterocycles. The van der Waals surface area contributed by atoms with Crippen LogP contribution in [-0.4, -0.2) is 31.0 Å². The maximum atomic E-state index is 13.2. The zero-order valence-corrected chi connectivity index (χ0v) is 9.65. The molecule has 5 heteroatoms. The van der Waals surface area contributed by atoms with Crippen molar-refractivity contribution in [3.05, 3.63) is 29.6 Å². The maximum absolute atomic E-state index is 13.2. The maximum Gasteiger partial charge on any atom is 0.225 e. The fraction of sp³-hybridized carbons (Fsp3) is 0.417. The third-order valence-electron chi connectivity index (χ3n) is 2.99. The van der Waals surface area contributed by atoms with Crippen LogP contribution in [0.4, 0.5) is 4.39 Å². The lowest BCUT2D eigenvalue weighted by molar-refractivity contribution is -0.146. The zero-order valence-electron chi connectivity index (χ0n) is 9.65. The fourth-order valence-electron chi connectivity index (χ4n) is 2.12.